The summed E-state index contributed by atoms with van der Waals surface area (Å²) in [5, 5.41) is 2.01. The third-order valence-electron chi connectivity index (χ3n) is 1.65. The minimum Gasteiger partial charge on any atom is -0.279 e. The molecule has 0 aliphatic carbocycles. The minimum absolute atomic E-state index is 0.556. The molecule has 0 saturated heterocycles. The second-order valence-corrected chi connectivity index (χ2v) is 3.89. The van der Waals surface area contributed by atoms with Crippen LogP contribution in [0.1, 0.15) is 27.2 Å². The van der Waals surface area contributed by atoms with Crippen LogP contribution in [0.25, 0.3) is 0 Å². The van der Waals surface area contributed by atoms with Gasteiger partial charge in [0.15, 0.2) is 0 Å². The molecular formula is C7H13NS. The zero-order valence-corrected chi connectivity index (χ0v) is 7.03. The highest BCUT2D eigenvalue weighted by Crippen LogP contribution is 2.28. The maximum absolute atomic E-state index is 4.42. The van der Waals surface area contributed by atoms with Gasteiger partial charge in [-0.1, -0.05) is 6.92 Å². The molecule has 1 heterocycles. The molecule has 1 aliphatic rings. The average molecular weight is 143 g/mol. The molecule has 2 unspecified atom stereocenters. The molecule has 0 spiro atoms. The second kappa shape index (κ2) is 2.74. The van der Waals surface area contributed by atoms with Crippen LogP contribution < -0.4 is 0 Å². The highest BCUT2D eigenvalue weighted by atomic mass is 32.2. The Labute approximate surface area is 60.9 Å². The van der Waals surface area contributed by atoms with Gasteiger partial charge in [-0.25, -0.2) is 0 Å². The van der Waals surface area contributed by atoms with Crippen molar-refractivity contribution in [1.29, 1.82) is 0 Å². The van der Waals surface area contributed by atoms with Crippen molar-refractivity contribution in [2.75, 3.05) is 0 Å². The zero-order valence-electron chi connectivity index (χ0n) is 6.22. The van der Waals surface area contributed by atoms with Gasteiger partial charge < -0.3 is 0 Å². The molecular weight excluding hydrogens is 130 g/mol. The van der Waals surface area contributed by atoms with E-state index in [9.17, 15) is 0 Å². The Bertz CT molecular complexity index is 131. The largest absolute Gasteiger partial charge is 0.279 e. The van der Waals surface area contributed by atoms with Gasteiger partial charge in [0.25, 0.3) is 0 Å². The topological polar surface area (TPSA) is 12.4 Å². The van der Waals surface area contributed by atoms with E-state index in [0.717, 1.165) is 5.25 Å². The van der Waals surface area contributed by atoms with E-state index in [-0.39, 0.29) is 0 Å². The molecule has 2 heteroatoms. The lowest BCUT2D eigenvalue weighted by molar-refractivity contribution is 0.686. The smallest absolute Gasteiger partial charge is 0.0652 e. The van der Waals surface area contributed by atoms with Crippen molar-refractivity contribution in [2.24, 2.45) is 4.99 Å². The van der Waals surface area contributed by atoms with Crippen molar-refractivity contribution in [3.63, 3.8) is 0 Å². The van der Waals surface area contributed by atoms with Gasteiger partial charge in [0.05, 0.1) is 11.1 Å². The molecule has 0 aromatic carbocycles. The molecule has 2 atom stereocenters. The summed E-state index contributed by atoms with van der Waals surface area (Å²) in [5.74, 6) is 0. The van der Waals surface area contributed by atoms with E-state index >= 15 is 0 Å². The summed E-state index contributed by atoms with van der Waals surface area (Å²) in [6.45, 7) is 6.51. The minimum atomic E-state index is 0.556. The normalized spacial score (nSPS) is 34.8. The van der Waals surface area contributed by atoms with E-state index < -0.39 is 0 Å². The fraction of sp³-hybridized carbons (Fsp3) is 0.857. The summed E-state index contributed by atoms with van der Waals surface area (Å²) in [4.78, 5) is 4.42. The predicted octanol–water partition coefficient (Wildman–Crippen LogP) is 2.32. The van der Waals surface area contributed by atoms with Crippen molar-refractivity contribution in [3.05, 3.63) is 0 Å². The van der Waals surface area contributed by atoms with Crippen molar-refractivity contribution in [3.8, 4) is 0 Å². The molecule has 0 bridgehead atoms. The third kappa shape index (κ3) is 1.48. The van der Waals surface area contributed by atoms with Crippen molar-refractivity contribution < 1.29 is 0 Å². The van der Waals surface area contributed by atoms with Gasteiger partial charge in [0.2, 0.25) is 0 Å². The van der Waals surface area contributed by atoms with Crippen LogP contribution in [0.15, 0.2) is 4.99 Å². The summed E-state index contributed by atoms with van der Waals surface area (Å²) in [6.07, 6.45) is 1.24. The third-order valence-corrected chi connectivity index (χ3v) is 3.12. The maximum Gasteiger partial charge on any atom is 0.0652 e. The van der Waals surface area contributed by atoms with Crippen LogP contribution in [0, 0.1) is 0 Å². The standard InChI is InChI=1S/C7H13NS/c1-4-7-5(2)8-6(3)9-7/h5,7H,4H2,1-3H3. The lowest BCUT2D eigenvalue weighted by atomic mass is 10.2. The quantitative estimate of drug-likeness (QED) is 0.548. The van der Waals surface area contributed by atoms with Crippen LogP contribution in [-0.2, 0) is 0 Å². The van der Waals surface area contributed by atoms with E-state index in [2.05, 4.69) is 25.8 Å². The second-order valence-electron chi connectivity index (χ2n) is 2.45. The monoisotopic (exact) mass is 143 g/mol. The Balaban J connectivity index is 2.49. The molecule has 1 aliphatic heterocycles. The predicted molar refractivity (Wildman–Crippen MR) is 44.2 cm³/mol. The number of hydrogen-bond acceptors (Lipinski definition) is 2. The van der Waals surface area contributed by atoms with Crippen LogP contribution in [0.3, 0.4) is 0 Å². The Morgan fingerprint density at radius 2 is 2.33 bits per heavy atom. The molecule has 1 rings (SSSR count). The SMILES string of the molecule is CCC1SC(C)=NC1C. The van der Waals surface area contributed by atoms with Gasteiger partial charge in [-0.3, -0.25) is 4.99 Å². The lowest BCUT2D eigenvalue weighted by Crippen LogP contribution is -2.11. The van der Waals surface area contributed by atoms with E-state index in [1.165, 1.54) is 11.5 Å². The maximum atomic E-state index is 4.42. The fourth-order valence-corrected chi connectivity index (χ4v) is 2.23. The summed E-state index contributed by atoms with van der Waals surface area (Å²) < 4.78 is 0. The Morgan fingerprint density at radius 3 is 2.56 bits per heavy atom. The Morgan fingerprint density at radius 1 is 1.67 bits per heavy atom. The Hall–Kier alpha value is 0.0200. The van der Waals surface area contributed by atoms with Crippen LogP contribution in [0.4, 0.5) is 0 Å². The molecule has 52 valence electrons. The molecule has 0 radical (unpaired) electrons. The number of aliphatic imine (C=N–C) groups is 1. The van der Waals surface area contributed by atoms with Crippen molar-refractivity contribution in [2.45, 2.75) is 38.5 Å². The van der Waals surface area contributed by atoms with Crippen molar-refractivity contribution >= 4 is 16.8 Å². The number of rotatable bonds is 1. The summed E-state index contributed by atoms with van der Waals surface area (Å²) in [5.41, 5.74) is 0. The van der Waals surface area contributed by atoms with E-state index in [0.29, 0.717) is 6.04 Å². The molecule has 0 amide bonds. The van der Waals surface area contributed by atoms with Gasteiger partial charge in [-0.2, -0.15) is 0 Å². The summed E-state index contributed by atoms with van der Waals surface area (Å²) in [7, 11) is 0. The van der Waals surface area contributed by atoms with Gasteiger partial charge >= 0.3 is 0 Å². The molecule has 0 saturated carbocycles. The molecule has 0 N–H and O–H groups in total. The first-order valence-electron chi connectivity index (χ1n) is 3.45. The zero-order chi connectivity index (χ0) is 6.85. The van der Waals surface area contributed by atoms with E-state index in [1.54, 1.807) is 0 Å². The molecule has 9 heavy (non-hydrogen) atoms. The highest BCUT2D eigenvalue weighted by Gasteiger charge is 2.21. The van der Waals surface area contributed by atoms with E-state index in [4.69, 9.17) is 0 Å². The fourth-order valence-electron chi connectivity index (χ4n) is 1.14. The number of thioether (sulfide) groups is 1. The summed E-state index contributed by atoms with van der Waals surface area (Å²) in [6, 6.07) is 0.556. The number of hydrogen-bond donors (Lipinski definition) is 0. The molecule has 0 aromatic heterocycles. The first-order valence-corrected chi connectivity index (χ1v) is 4.33. The van der Waals surface area contributed by atoms with Crippen LogP contribution in [-0.4, -0.2) is 16.3 Å². The van der Waals surface area contributed by atoms with Crippen LogP contribution in [0.5, 0.6) is 0 Å². The van der Waals surface area contributed by atoms with Crippen molar-refractivity contribution in [1.82, 2.24) is 0 Å². The molecule has 1 nitrogen and oxygen atoms in total. The molecule has 0 aromatic rings. The summed E-state index contributed by atoms with van der Waals surface area (Å²) >= 11 is 1.92. The molecule has 0 fully saturated rings. The highest BCUT2D eigenvalue weighted by molar-refractivity contribution is 8.14. The number of nitrogens with zero attached hydrogens (tertiary/aromatic N) is 1. The Kier molecular flexibility index (Phi) is 2.17. The average Bonchev–Trinajstić information content (AvgIpc) is 2.10. The van der Waals surface area contributed by atoms with Gasteiger partial charge in [0, 0.05) is 5.25 Å². The van der Waals surface area contributed by atoms with Crippen LogP contribution in [0.2, 0.25) is 0 Å². The lowest BCUT2D eigenvalue weighted by Gasteiger charge is -2.07. The van der Waals surface area contributed by atoms with Crippen LogP contribution >= 0.6 is 11.8 Å². The first-order chi connectivity index (χ1) is 4.24. The van der Waals surface area contributed by atoms with Gasteiger partial charge in [0.1, 0.15) is 0 Å². The van der Waals surface area contributed by atoms with E-state index in [1.807, 2.05) is 11.8 Å². The van der Waals surface area contributed by atoms with Gasteiger partial charge in [-0.15, -0.1) is 11.8 Å². The first kappa shape index (κ1) is 7.13. The van der Waals surface area contributed by atoms with Gasteiger partial charge in [-0.05, 0) is 20.3 Å².